The average molecular weight is 547 g/mol. The highest BCUT2D eigenvalue weighted by Gasteiger charge is 2.11. The molecular weight excluding hydrogens is 484 g/mol. The lowest BCUT2D eigenvalue weighted by Crippen LogP contribution is -2.16. The van der Waals surface area contributed by atoms with E-state index in [1.54, 1.807) is 0 Å². The van der Waals surface area contributed by atoms with Crippen molar-refractivity contribution in [1.82, 2.24) is 0 Å². The molecule has 4 nitrogen and oxygen atoms in total. The van der Waals surface area contributed by atoms with Gasteiger partial charge < -0.3 is 9.84 Å². The van der Waals surface area contributed by atoms with E-state index in [1.165, 1.54) is 70.6 Å². The van der Waals surface area contributed by atoms with Gasteiger partial charge in [0.25, 0.3) is 0 Å². The van der Waals surface area contributed by atoms with Gasteiger partial charge >= 0.3 is 11.9 Å². The normalized spacial score (nSPS) is 12.7. The van der Waals surface area contributed by atoms with Crippen LogP contribution >= 0.6 is 0 Å². The number of carboxylic acid groups (broad SMARTS) is 1. The number of allylic oxidation sites excluding steroid dienone is 5. The summed E-state index contributed by atoms with van der Waals surface area (Å²) in [6, 6.07) is 0. The van der Waals surface area contributed by atoms with Crippen molar-refractivity contribution in [3.63, 3.8) is 0 Å². The Morgan fingerprint density at radius 2 is 1.08 bits per heavy atom. The molecule has 0 rings (SSSR count). The van der Waals surface area contributed by atoms with Crippen molar-refractivity contribution in [1.29, 1.82) is 0 Å². The molecule has 0 aliphatic heterocycles. The highest BCUT2D eigenvalue weighted by atomic mass is 16.5. The fraction of sp³-hybridized carbons (Fsp3) is 0.771. The third kappa shape index (κ3) is 30.6. The largest absolute Gasteiger partial charge is 0.481 e. The van der Waals surface area contributed by atoms with Gasteiger partial charge in [0.1, 0.15) is 6.10 Å². The zero-order valence-electron chi connectivity index (χ0n) is 25.7. The summed E-state index contributed by atoms with van der Waals surface area (Å²) in [6.07, 6.45) is 38.8. The third-order valence-electron chi connectivity index (χ3n) is 7.07. The zero-order chi connectivity index (χ0) is 28.7. The summed E-state index contributed by atoms with van der Waals surface area (Å²) < 4.78 is 5.86. The van der Waals surface area contributed by atoms with Crippen molar-refractivity contribution in [2.24, 2.45) is 0 Å². The lowest BCUT2D eigenvalue weighted by atomic mass is 10.1. The summed E-state index contributed by atoms with van der Waals surface area (Å²) in [4.78, 5) is 23.1. The molecule has 0 aromatic heterocycles. The molecule has 0 amide bonds. The maximum absolute atomic E-state index is 12.5. The Labute approximate surface area is 241 Å². The highest BCUT2D eigenvalue weighted by Crippen LogP contribution is 2.15. The molecule has 0 radical (unpaired) electrons. The minimum absolute atomic E-state index is 0.0663. The Morgan fingerprint density at radius 3 is 1.67 bits per heavy atom. The van der Waals surface area contributed by atoms with Gasteiger partial charge in [0.05, 0.1) is 0 Å². The molecule has 0 aromatic rings. The summed E-state index contributed by atoms with van der Waals surface area (Å²) in [7, 11) is 0. The van der Waals surface area contributed by atoms with Crippen molar-refractivity contribution in [2.45, 2.75) is 174 Å². The van der Waals surface area contributed by atoms with Crippen molar-refractivity contribution in [3.8, 4) is 0 Å². The van der Waals surface area contributed by atoms with E-state index in [2.05, 4.69) is 50.3 Å². The Morgan fingerprint density at radius 1 is 0.590 bits per heavy atom. The van der Waals surface area contributed by atoms with Crippen LogP contribution < -0.4 is 0 Å². The molecule has 226 valence electrons. The predicted octanol–water partition coefficient (Wildman–Crippen LogP) is 11.1. The average Bonchev–Trinajstić information content (AvgIpc) is 2.91. The molecule has 0 heterocycles. The molecule has 0 spiro atoms. The summed E-state index contributed by atoms with van der Waals surface area (Å²) in [5.74, 6) is -0.772. The Balaban J connectivity index is 4.18. The van der Waals surface area contributed by atoms with Gasteiger partial charge in [-0.1, -0.05) is 115 Å². The van der Waals surface area contributed by atoms with Gasteiger partial charge in [-0.2, -0.15) is 0 Å². The molecule has 39 heavy (non-hydrogen) atoms. The van der Waals surface area contributed by atoms with Crippen molar-refractivity contribution in [2.75, 3.05) is 0 Å². The molecule has 0 saturated carbocycles. The minimum Gasteiger partial charge on any atom is -0.481 e. The van der Waals surface area contributed by atoms with E-state index in [-0.39, 0.29) is 18.5 Å². The van der Waals surface area contributed by atoms with E-state index in [4.69, 9.17) is 9.84 Å². The van der Waals surface area contributed by atoms with Gasteiger partial charge in [-0.25, -0.2) is 0 Å². The van der Waals surface area contributed by atoms with Gasteiger partial charge in [0, 0.05) is 12.8 Å². The molecule has 0 saturated heterocycles. The summed E-state index contributed by atoms with van der Waals surface area (Å²) in [5, 5.41) is 8.73. The van der Waals surface area contributed by atoms with E-state index in [9.17, 15) is 9.59 Å². The number of rotatable bonds is 29. The fourth-order valence-corrected chi connectivity index (χ4v) is 4.60. The predicted molar refractivity (Wildman–Crippen MR) is 167 cm³/mol. The monoisotopic (exact) mass is 546 g/mol. The molecule has 0 fully saturated rings. The van der Waals surface area contributed by atoms with Crippen LogP contribution in [0.15, 0.2) is 36.5 Å². The molecule has 1 unspecified atom stereocenters. The molecule has 1 N–H and O–H groups in total. The van der Waals surface area contributed by atoms with Crippen LogP contribution in [-0.4, -0.2) is 23.1 Å². The maximum atomic E-state index is 12.5. The van der Waals surface area contributed by atoms with Crippen LogP contribution in [0.4, 0.5) is 0 Å². The van der Waals surface area contributed by atoms with Gasteiger partial charge in [0.15, 0.2) is 0 Å². The zero-order valence-corrected chi connectivity index (χ0v) is 25.7. The first-order chi connectivity index (χ1) is 19.1. The van der Waals surface area contributed by atoms with E-state index >= 15 is 0 Å². The number of esters is 1. The Bertz CT molecular complexity index is 635. The van der Waals surface area contributed by atoms with E-state index in [0.717, 1.165) is 70.6 Å². The second-order valence-corrected chi connectivity index (χ2v) is 11.0. The van der Waals surface area contributed by atoms with Crippen molar-refractivity contribution >= 4 is 11.9 Å². The molecular formula is C35H62O4. The Hall–Kier alpha value is -1.84. The van der Waals surface area contributed by atoms with Crippen molar-refractivity contribution < 1.29 is 19.4 Å². The highest BCUT2D eigenvalue weighted by molar-refractivity contribution is 5.69. The smallest absolute Gasteiger partial charge is 0.306 e. The van der Waals surface area contributed by atoms with Crippen LogP contribution in [0.5, 0.6) is 0 Å². The number of hydrogen-bond acceptors (Lipinski definition) is 3. The maximum Gasteiger partial charge on any atom is 0.306 e. The summed E-state index contributed by atoms with van der Waals surface area (Å²) in [6.45, 7) is 4.47. The molecule has 4 heteroatoms. The van der Waals surface area contributed by atoms with Crippen LogP contribution in [0.25, 0.3) is 0 Å². The van der Waals surface area contributed by atoms with Crippen LogP contribution in [0, 0.1) is 0 Å². The summed E-state index contributed by atoms with van der Waals surface area (Å²) in [5.41, 5.74) is 0. The minimum atomic E-state index is -0.705. The lowest BCUT2D eigenvalue weighted by Gasteiger charge is -2.14. The summed E-state index contributed by atoms with van der Waals surface area (Å²) >= 11 is 0. The fourth-order valence-electron chi connectivity index (χ4n) is 4.60. The van der Waals surface area contributed by atoms with Gasteiger partial charge in [-0.15, -0.1) is 0 Å². The third-order valence-corrected chi connectivity index (χ3v) is 7.07. The van der Waals surface area contributed by atoms with Crippen LogP contribution in [0.1, 0.15) is 168 Å². The number of unbranched alkanes of at least 4 members (excludes halogenated alkanes) is 16. The van der Waals surface area contributed by atoms with Crippen LogP contribution in [0.2, 0.25) is 0 Å². The van der Waals surface area contributed by atoms with Gasteiger partial charge in [-0.3, -0.25) is 9.59 Å². The molecule has 0 aliphatic rings. The number of hydrogen-bond donors (Lipinski definition) is 1. The van der Waals surface area contributed by atoms with Crippen LogP contribution in [-0.2, 0) is 14.3 Å². The number of carbonyl (C=O) groups excluding carboxylic acids is 1. The molecule has 0 aliphatic carbocycles. The quantitative estimate of drug-likeness (QED) is 0.0575. The lowest BCUT2D eigenvalue weighted by molar-refractivity contribution is -0.147. The molecule has 0 aromatic carbocycles. The second kappa shape index (κ2) is 30.7. The van der Waals surface area contributed by atoms with E-state index < -0.39 is 5.97 Å². The standard InChI is InChI=1S/C35H62O4/c1-3-5-7-9-11-13-14-15-16-18-24-28-32-35(38)39-33(29-25-21-17-12-10-8-6-4-2)30-26-22-19-20-23-27-31-34(36)37/h11-13,17,25,29,33H,3-10,14-16,18-24,26-28,30-32H2,1-2H3,(H,36,37)/b13-11-,17-12-,29-25-. The van der Waals surface area contributed by atoms with Gasteiger partial charge in [-0.05, 0) is 76.7 Å². The second-order valence-electron chi connectivity index (χ2n) is 11.0. The molecule has 0 bridgehead atoms. The topological polar surface area (TPSA) is 63.6 Å². The van der Waals surface area contributed by atoms with Crippen LogP contribution in [0.3, 0.4) is 0 Å². The molecule has 1 atom stereocenters. The SMILES string of the molecule is CCCCC/C=C\C/C=C\C(CCCCCCCCC(=O)O)OC(=O)CCCCCCC/C=C\CCCCC. The van der Waals surface area contributed by atoms with E-state index in [1.807, 2.05) is 0 Å². The first-order valence-corrected chi connectivity index (χ1v) is 16.5. The number of ether oxygens (including phenoxy) is 1. The first kappa shape index (κ1) is 37.2. The van der Waals surface area contributed by atoms with Crippen molar-refractivity contribution in [3.05, 3.63) is 36.5 Å². The first-order valence-electron chi connectivity index (χ1n) is 16.5. The van der Waals surface area contributed by atoms with Gasteiger partial charge in [0.2, 0.25) is 0 Å². The number of carbonyl (C=O) groups is 2. The van der Waals surface area contributed by atoms with E-state index in [0.29, 0.717) is 6.42 Å². The number of carboxylic acids is 1. The number of aliphatic carboxylic acids is 1. The Kier molecular flexibility index (Phi) is 29.2.